The molecule has 1 aromatic heterocycles. The number of halogens is 2. The van der Waals surface area contributed by atoms with E-state index in [1.807, 2.05) is 0 Å². The first-order valence-corrected chi connectivity index (χ1v) is 8.00. The molecule has 1 aromatic rings. The predicted molar refractivity (Wildman–Crippen MR) is 79.7 cm³/mol. The van der Waals surface area contributed by atoms with Gasteiger partial charge < -0.3 is 19.3 Å². The summed E-state index contributed by atoms with van der Waals surface area (Å²) in [5.74, 6) is -4.65. The third-order valence-corrected chi connectivity index (χ3v) is 4.84. The van der Waals surface area contributed by atoms with Crippen LogP contribution in [0.1, 0.15) is 35.6 Å². The molecule has 1 aliphatic carbocycles. The van der Waals surface area contributed by atoms with E-state index in [9.17, 15) is 23.5 Å². The summed E-state index contributed by atoms with van der Waals surface area (Å²) in [6.07, 6.45) is 0.355. The van der Waals surface area contributed by atoms with Crippen LogP contribution in [0.3, 0.4) is 0 Å². The zero-order valence-electron chi connectivity index (χ0n) is 13.4. The van der Waals surface area contributed by atoms with E-state index < -0.39 is 17.4 Å². The molecule has 0 spiro atoms. The average molecular weight is 342 g/mol. The molecule has 0 bridgehead atoms. The highest BCUT2D eigenvalue weighted by Crippen LogP contribution is 2.45. The minimum atomic E-state index is -3.78. The third-order valence-electron chi connectivity index (χ3n) is 4.84. The van der Waals surface area contributed by atoms with Gasteiger partial charge >= 0.3 is 5.92 Å². The van der Waals surface area contributed by atoms with E-state index in [0.29, 0.717) is 12.2 Å². The molecule has 0 radical (unpaired) electrons. The fraction of sp³-hybridized carbons (Fsp3) is 0.625. The number of aliphatic hydroxyl groups is 1. The number of carbonyl (C=O) groups excluding carboxylic acids is 2. The van der Waals surface area contributed by atoms with Crippen LogP contribution in [0, 0.1) is 6.92 Å². The smallest absolute Gasteiger partial charge is 0.352 e. The van der Waals surface area contributed by atoms with Crippen molar-refractivity contribution in [2.75, 3.05) is 26.2 Å². The Morgan fingerprint density at radius 3 is 2.21 bits per heavy atom. The molecule has 8 heteroatoms. The number of hydrogen-bond acceptors (Lipinski definition) is 4. The topological polar surface area (TPSA) is 74.0 Å². The summed E-state index contributed by atoms with van der Waals surface area (Å²) in [6, 6.07) is 3.24. The standard InChI is InChI=1S/C16H20F2N2O4/c1-11-3-4-12(24-11)13(21)19-7-9-20(10-8-19)14(22)16(17,18)15(23)5-2-6-15/h3-4,23H,2,5-10H2,1H3. The highest BCUT2D eigenvalue weighted by Gasteiger charge is 2.62. The normalized spacial score (nSPS) is 20.7. The van der Waals surface area contributed by atoms with Crippen molar-refractivity contribution in [1.29, 1.82) is 0 Å². The number of nitrogens with zero attached hydrogens (tertiary/aromatic N) is 2. The first kappa shape index (κ1) is 16.9. The van der Waals surface area contributed by atoms with E-state index in [0.717, 1.165) is 4.90 Å². The Balaban J connectivity index is 1.60. The lowest BCUT2D eigenvalue weighted by molar-refractivity contribution is -0.224. The van der Waals surface area contributed by atoms with Crippen molar-refractivity contribution in [2.45, 2.75) is 37.7 Å². The van der Waals surface area contributed by atoms with Gasteiger partial charge in [0.05, 0.1) is 0 Å². The molecular weight excluding hydrogens is 322 g/mol. The van der Waals surface area contributed by atoms with Gasteiger partial charge in [-0.15, -0.1) is 0 Å². The Kier molecular flexibility index (Phi) is 4.11. The summed E-state index contributed by atoms with van der Waals surface area (Å²) in [4.78, 5) is 26.8. The lowest BCUT2D eigenvalue weighted by atomic mass is 9.75. The summed E-state index contributed by atoms with van der Waals surface area (Å²) < 4.78 is 33.7. The van der Waals surface area contributed by atoms with E-state index >= 15 is 0 Å². The highest BCUT2D eigenvalue weighted by molar-refractivity contribution is 5.92. The minimum Gasteiger partial charge on any atom is -0.456 e. The molecule has 2 aliphatic rings. The Morgan fingerprint density at radius 2 is 1.75 bits per heavy atom. The van der Waals surface area contributed by atoms with E-state index in [2.05, 4.69) is 0 Å². The molecule has 2 amide bonds. The molecule has 2 heterocycles. The molecule has 1 N–H and O–H groups in total. The zero-order chi connectivity index (χ0) is 17.5. The second-order valence-corrected chi connectivity index (χ2v) is 6.45. The van der Waals surface area contributed by atoms with E-state index in [-0.39, 0.29) is 50.7 Å². The zero-order valence-corrected chi connectivity index (χ0v) is 13.4. The number of aryl methyl sites for hydroxylation is 1. The van der Waals surface area contributed by atoms with Crippen molar-refractivity contribution in [3.05, 3.63) is 23.7 Å². The van der Waals surface area contributed by atoms with Crippen LogP contribution in [0.4, 0.5) is 8.78 Å². The summed E-state index contributed by atoms with van der Waals surface area (Å²) in [6.45, 7) is 2.05. The lowest BCUT2D eigenvalue weighted by Crippen LogP contribution is -2.63. The number of hydrogen-bond donors (Lipinski definition) is 1. The second kappa shape index (κ2) is 5.84. The summed E-state index contributed by atoms with van der Waals surface area (Å²) in [5.41, 5.74) is -2.22. The first-order valence-electron chi connectivity index (χ1n) is 8.00. The molecule has 0 unspecified atom stereocenters. The van der Waals surface area contributed by atoms with Gasteiger partial charge in [-0.05, 0) is 38.3 Å². The van der Waals surface area contributed by atoms with Crippen LogP contribution in [0.5, 0.6) is 0 Å². The van der Waals surface area contributed by atoms with Gasteiger partial charge in [-0.1, -0.05) is 0 Å². The van der Waals surface area contributed by atoms with Gasteiger partial charge in [-0.25, -0.2) is 0 Å². The molecule has 1 saturated carbocycles. The molecular formula is C16H20F2N2O4. The second-order valence-electron chi connectivity index (χ2n) is 6.45. The Labute approximate surface area is 138 Å². The van der Waals surface area contributed by atoms with Crippen LogP contribution in [0.25, 0.3) is 0 Å². The van der Waals surface area contributed by atoms with Gasteiger partial charge in [0.25, 0.3) is 11.8 Å². The van der Waals surface area contributed by atoms with Crippen molar-refractivity contribution in [1.82, 2.24) is 9.80 Å². The molecule has 1 aliphatic heterocycles. The summed E-state index contributed by atoms with van der Waals surface area (Å²) in [7, 11) is 0. The number of carbonyl (C=O) groups is 2. The van der Waals surface area contributed by atoms with Crippen LogP contribution in [0.15, 0.2) is 16.5 Å². The number of piperazine rings is 1. The maximum absolute atomic E-state index is 14.2. The number of furan rings is 1. The largest absolute Gasteiger partial charge is 0.456 e. The predicted octanol–water partition coefficient (Wildman–Crippen LogP) is 1.42. The van der Waals surface area contributed by atoms with Crippen molar-refractivity contribution in [3.63, 3.8) is 0 Å². The SMILES string of the molecule is Cc1ccc(C(=O)N2CCN(C(=O)C(F)(F)C3(O)CCC3)CC2)o1. The van der Waals surface area contributed by atoms with E-state index in [1.54, 1.807) is 19.1 Å². The van der Waals surface area contributed by atoms with Crippen LogP contribution in [-0.2, 0) is 4.79 Å². The average Bonchev–Trinajstić information content (AvgIpc) is 2.97. The van der Waals surface area contributed by atoms with Gasteiger partial charge in [0, 0.05) is 26.2 Å². The van der Waals surface area contributed by atoms with Crippen molar-refractivity contribution >= 4 is 11.8 Å². The quantitative estimate of drug-likeness (QED) is 0.902. The Hall–Kier alpha value is -1.96. The lowest BCUT2D eigenvalue weighted by Gasteiger charge is -2.44. The van der Waals surface area contributed by atoms with Crippen LogP contribution < -0.4 is 0 Å². The molecule has 3 rings (SSSR count). The van der Waals surface area contributed by atoms with E-state index in [4.69, 9.17) is 4.42 Å². The monoisotopic (exact) mass is 342 g/mol. The minimum absolute atomic E-state index is 0.00986. The maximum Gasteiger partial charge on any atom is 0.352 e. The van der Waals surface area contributed by atoms with Gasteiger partial charge in [-0.3, -0.25) is 9.59 Å². The number of amides is 2. The van der Waals surface area contributed by atoms with Crippen LogP contribution in [0.2, 0.25) is 0 Å². The van der Waals surface area contributed by atoms with Gasteiger partial charge in [0.2, 0.25) is 0 Å². The first-order chi connectivity index (χ1) is 11.2. The van der Waals surface area contributed by atoms with Crippen LogP contribution in [-0.4, -0.2) is 64.4 Å². The molecule has 6 nitrogen and oxygen atoms in total. The molecule has 0 aromatic carbocycles. The summed E-state index contributed by atoms with van der Waals surface area (Å²) >= 11 is 0. The molecule has 24 heavy (non-hydrogen) atoms. The Morgan fingerprint density at radius 1 is 1.17 bits per heavy atom. The fourth-order valence-corrected chi connectivity index (χ4v) is 3.04. The number of rotatable bonds is 3. The molecule has 1 saturated heterocycles. The molecule has 0 atom stereocenters. The maximum atomic E-state index is 14.2. The van der Waals surface area contributed by atoms with E-state index in [1.165, 1.54) is 4.90 Å². The van der Waals surface area contributed by atoms with Gasteiger partial charge in [0.15, 0.2) is 5.76 Å². The molecule has 2 fully saturated rings. The van der Waals surface area contributed by atoms with Crippen molar-refractivity contribution in [2.24, 2.45) is 0 Å². The number of alkyl halides is 2. The highest BCUT2D eigenvalue weighted by atomic mass is 19.3. The van der Waals surface area contributed by atoms with Gasteiger partial charge in [-0.2, -0.15) is 8.78 Å². The summed E-state index contributed by atoms with van der Waals surface area (Å²) in [5, 5.41) is 9.86. The van der Waals surface area contributed by atoms with Crippen molar-refractivity contribution < 1.29 is 27.9 Å². The van der Waals surface area contributed by atoms with Crippen LogP contribution >= 0.6 is 0 Å². The van der Waals surface area contributed by atoms with Gasteiger partial charge in [0.1, 0.15) is 11.4 Å². The van der Waals surface area contributed by atoms with Crippen molar-refractivity contribution in [3.8, 4) is 0 Å². The fourth-order valence-electron chi connectivity index (χ4n) is 3.04. The Bertz CT molecular complexity index is 646. The molecule has 132 valence electrons. The third kappa shape index (κ3) is 2.68.